The van der Waals surface area contributed by atoms with Gasteiger partial charge in [0.2, 0.25) is 0 Å². The van der Waals surface area contributed by atoms with Crippen LogP contribution >= 0.6 is 0 Å². The molecule has 0 N–H and O–H groups in total. The number of fused-ring (bicyclic) bond motifs is 1. The third-order valence-electron chi connectivity index (χ3n) is 2.24. The summed E-state index contributed by atoms with van der Waals surface area (Å²) in [6.07, 6.45) is 1.62. The lowest BCUT2D eigenvalue weighted by atomic mass is 10.1. The number of hydrogen-bond acceptors (Lipinski definition) is 2. The topological polar surface area (TPSA) is 30.0 Å². The summed E-state index contributed by atoms with van der Waals surface area (Å²) in [5.74, 6) is 0.0564. The fourth-order valence-electron chi connectivity index (χ4n) is 1.44. The van der Waals surface area contributed by atoms with Crippen LogP contribution in [0.4, 0.5) is 0 Å². The number of aromatic nitrogens is 1. The number of nitrogens with zero attached hydrogens (tertiary/aromatic N) is 1. The van der Waals surface area contributed by atoms with Crippen molar-refractivity contribution in [2.45, 2.75) is 13.8 Å². The molecule has 0 aliphatic carbocycles. The maximum absolute atomic E-state index is 11.1. The van der Waals surface area contributed by atoms with Gasteiger partial charge < -0.3 is 0 Å². The normalized spacial score (nSPS) is 10.4. The molecule has 2 heteroatoms. The van der Waals surface area contributed by atoms with Gasteiger partial charge in [0, 0.05) is 17.1 Å². The minimum Gasteiger partial charge on any atom is -0.294 e. The number of rotatable bonds is 1. The van der Waals surface area contributed by atoms with Crippen molar-refractivity contribution < 1.29 is 4.79 Å². The van der Waals surface area contributed by atoms with Crippen molar-refractivity contribution in [3.63, 3.8) is 0 Å². The van der Waals surface area contributed by atoms with E-state index in [9.17, 15) is 4.79 Å². The fourth-order valence-corrected chi connectivity index (χ4v) is 1.44. The van der Waals surface area contributed by atoms with E-state index in [1.807, 2.05) is 31.2 Å². The summed E-state index contributed by atoms with van der Waals surface area (Å²) in [5, 5.41) is 1.03. The number of ketones is 1. The first-order valence-electron chi connectivity index (χ1n) is 4.54. The summed E-state index contributed by atoms with van der Waals surface area (Å²) >= 11 is 0. The average molecular weight is 185 g/mol. The summed E-state index contributed by atoms with van der Waals surface area (Å²) in [7, 11) is 0. The van der Waals surface area contributed by atoms with E-state index in [0.717, 1.165) is 10.9 Å². The Morgan fingerprint density at radius 3 is 2.79 bits per heavy atom. The smallest absolute Gasteiger partial charge is 0.161 e. The number of carbonyl (C=O) groups excluding carboxylic acids is 1. The predicted molar refractivity (Wildman–Crippen MR) is 56.5 cm³/mol. The van der Waals surface area contributed by atoms with Gasteiger partial charge in [-0.25, -0.2) is 0 Å². The van der Waals surface area contributed by atoms with Crippen LogP contribution in [-0.4, -0.2) is 10.8 Å². The molecule has 0 aliphatic heterocycles. The van der Waals surface area contributed by atoms with E-state index < -0.39 is 0 Å². The van der Waals surface area contributed by atoms with E-state index >= 15 is 0 Å². The van der Waals surface area contributed by atoms with Gasteiger partial charge in [0.25, 0.3) is 0 Å². The molecule has 0 fully saturated rings. The number of benzene rings is 1. The molecule has 2 rings (SSSR count). The zero-order valence-electron chi connectivity index (χ0n) is 8.24. The minimum atomic E-state index is 0.0564. The first-order valence-corrected chi connectivity index (χ1v) is 4.54. The highest BCUT2D eigenvalue weighted by atomic mass is 16.1. The third-order valence-corrected chi connectivity index (χ3v) is 2.24. The Balaban J connectivity index is 2.69. The number of carbonyl (C=O) groups is 1. The molecule has 0 amide bonds. The Morgan fingerprint density at radius 2 is 2.07 bits per heavy atom. The Bertz CT molecular complexity index is 503. The molecule has 70 valence electrons. The monoisotopic (exact) mass is 185 g/mol. The van der Waals surface area contributed by atoms with E-state index in [1.54, 1.807) is 13.1 Å². The van der Waals surface area contributed by atoms with Crippen LogP contribution in [0.5, 0.6) is 0 Å². The molecule has 14 heavy (non-hydrogen) atoms. The minimum absolute atomic E-state index is 0.0564. The van der Waals surface area contributed by atoms with Gasteiger partial charge in [-0.15, -0.1) is 0 Å². The first-order chi connectivity index (χ1) is 6.66. The first kappa shape index (κ1) is 8.88. The highest BCUT2D eigenvalue weighted by Gasteiger charge is 2.01. The average Bonchev–Trinajstić information content (AvgIpc) is 2.16. The highest BCUT2D eigenvalue weighted by molar-refractivity contribution is 5.97. The lowest BCUT2D eigenvalue weighted by Crippen LogP contribution is -1.93. The molecule has 0 aliphatic rings. The molecule has 0 saturated heterocycles. The SMILES string of the molecule is CC(=O)c1cnc2ccc(C)cc2c1. The Kier molecular flexibility index (Phi) is 2.04. The molecule has 1 aromatic carbocycles. The molecule has 1 heterocycles. The molecule has 0 atom stereocenters. The second-order valence-corrected chi connectivity index (χ2v) is 3.48. The van der Waals surface area contributed by atoms with Crippen molar-refractivity contribution in [3.05, 3.63) is 41.6 Å². The number of Topliss-reactive ketones (excluding diaryl/α,β-unsaturated/α-hetero) is 1. The van der Waals surface area contributed by atoms with Crippen LogP contribution in [0.1, 0.15) is 22.8 Å². The maximum Gasteiger partial charge on any atom is 0.161 e. The summed E-state index contributed by atoms with van der Waals surface area (Å²) in [6.45, 7) is 3.58. The predicted octanol–water partition coefficient (Wildman–Crippen LogP) is 2.75. The molecule has 0 radical (unpaired) electrons. The highest BCUT2D eigenvalue weighted by Crippen LogP contribution is 2.15. The van der Waals surface area contributed by atoms with Gasteiger partial charge in [0.15, 0.2) is 5.78 Å². The third kappa shape index (κ3) is 1.51. The van der Waals surface area contributed by atoms with Crippen LogP contribution in [-0.2, 0) is 0 Å². The molecule has 2 aromatic rings. The largest absolute Gasteiger partial charge is 0.294 e. The van der Waals surface area contributed by atoms with E-state index in [-0.39, 0.29) is 5.78 Å². The van der Waals surface area contributed by atoms with Crippen LogP contribution in [0.2, 0.25) is 0 Å². The van der Waals surface area contributed by atoms with Crippen LogP contribution in [0.3, 0.4) is 0 Å². The van der Waals surface area contributed by atoms with E-state index in [4.69, 9.17) is 0 Å². The molecule has 0 saturated carbocycles. The van der Waals surface area contributed by atoms with Crippen molar-refractivity contribution in [2.75, 3.05) is 0 Å². The lowest BCUT2D eigenvalue weighted by Gasteiger charge is -2.00. The fraction of sp³-hybridized carbons (Fsp3) is 0.167. The van der Waals surface area contributed by atoms with Crippen LogP contribution in [0.25, 0.3) is 10.9 Å². The van der Waals surface area contributed by atoms with Crippen molar-refractivity contribution >= 4 is 16.7 Å². The number of aryl methyl sites for hydroxylation is 1. The van der Waals surface area contributed by atoms with Crippen LogP contribution in [0.15, 0.2) is 30.5 Å². The molecule has 1 aromatic heterocycles. The zero-order valence-corrected chi connectivity index (χ0v) is 8.24. The summed E-state index contributed by atoms with van der Waals surface area (Å²) in [6, 6.07) is 7.91. The molecular formula is C12H11NO. The van der Waals surface area contributed by atoms with Crippen molar-refractivity contribution in [1.82, 2.24) is 4.98 Å². The van der Waals surface area contributed by atoms with Gasteiger partial charge >= 0.3 is 0 Å². The molecule has 2 nitrogen and oxygen atoms in total. The van der Waals surface area contributed by atoms with Gasteiger partial charge in [-0.1, -0.05) is 11.6 Å². The number of pyridine rings is 1. The lowest BCUT2D eigenvalue weighted by molar-refractivity contribution is 0.101. The molecule has 0 bridgehead atoms. The van der Waals surface area contributed by atoms with Gasteiger partial charge in [-0.05, 0) is 32.0 Å². The summed E-state index contributed by atoms with van der Waals surface area (Å²) in [4.78, 5) is 15.4. The Labute approximate surface area is 82.6 Å². The van der Waals surface area contributed by atoms with E-state index in [1.165, 1.54) is 5.56 Å². The quantitative estimate of drug-likeness (QED) is 0.639. The van der Waals surface area contributed by atoms with Crippen molar-refractivity contribution in [1.29, 1.82) is 0 Å². The second kappa shape index (κ2) is 3.22. The molecular weight excluding hydrogens is 174 g/mol. The maximum atomic E-state index is 11.1. The summed E-state index contributed by atoms with van der Waals surface area (Å²) < 4.78 is 0. The van der Waals surface area contributed by atoms with Gasteiger partial charge in [0.1, 0.15) is 0 Å². The van der Waals surface area contributed by atoms with Crippen LogP contribution in [0, 0.1) is 6.92 Å². The second-order valence-electron chi connectivity index (χ2n) is 3.48. The molecule has 0 unspecified atom stereocenters. The van der Waals surface area contributed by atoms with E-state index in [0.29, 0.717) is 5.56 Å². The van der Waals surface area contributed by atoms with Crippen LogP contribution < -0.4 is 0 Å². The number of hydrogen-bond donors (Lipinski definition) is 0. The van der Waals surface area contributed by atoms with Gasteiger partial charge in [-0.3, -0.25) is 9.78 Å². The summed E-state index contributed by atoms with van der Waals surface area (Å²) in [5.41, 5.74) is 2.78. The van der Waals surface area contributed by atoms with Gasteiger partial charge in [-0.2, -0.15) is 0 Å². The van der Waals surface area contributed by atoms with Gasteiger partial charge in [0.05, 0.1) is 5.52 Å². The Morgan fingerprint density at radius 1 is 1.29 bits per heavy atom. The van der Waals surface area contributed by atoms with Crippen molar-refractivity contribution in [3.8, 4) is 0 Å². The zero-order chi connectivity index (χ0) is 10.1. The van der Waals surface area contributed by atoms with E-state index in [2.05, 4.69) is 4.98 Å². The van der Waals surface area contributed by atoms with Crippen molar-refractivity contribution in [2.24, 2.45) is 0 Å². The Hall–Kier alpha value is -1.70. The standard InChI is InChI=1S/C12H11NO/c1-8-3-4-12-10(5-8)6-11(7-13-12)9(2)14/h3-7H,1-2H3. The molecule has 0 spiro atoms.